The maximum atomic E-state index is 9.19. The molecule has 0 bridgehead atoms. The highest BCUT2D eigenvalue weighted by atomic mass is 16.3. The van der Waals surface area contributed by atoms with Crippen molar-refractivity contribution in [3.63, 3.8) is 0 Å². The van der Waals surface area contributed by atoms with Gasteiger partial charge in [0.1, 0.15) is 0 Å². The zero-order chi connectivity index (χ0) is 12.1. The summed E-state index contributed by atoms with van der Waals surface area (Å²) in [6.07, 6.45) is 5.40. The number of nitrogens with one attached hydrogen (secondary N) is 1. The fourth-order valence-corrected chi connectivity index (χ4v) is 2.58. The van der Waals surface area contributed by atoms with Crippen LogP contribution < -0.4 is 5.32 Å². The van der Waals surface area contributed by atoms with Crippen LogP contribution in [0.2, 0.25) is 0 Å². The average molecular weight is 233 g/mol. The van der Waals surface area contributed by atoms with Gasteiger partial charge in [0.05, 0.1) is 6.10 Å². The molecular weight excluding hydrogens is 210 g/mol. The van der Waals surface area contributed by atoms with E-state index in [1.54, 1.807) is 0 Å². The molecule has 0 heterocycles. The van der Waals surface area contributed by atoms with Gasteiger partial charge in [-0.15, -0.1) is 0 Å². The van der Waals surface area contributed by atoms with E-state index in [-0.39, 0.29) is 6.10 Å². The van der Waals surface area contributed by atoms with Gasteiger partial charge in [-0.2, -0.15) is 0 Å². The lowest BCUT2D eigenvalue weighted by Gasteiger charge is -2.25. The molecule has 0 saturated carbocycles. The Kier molecular flexibility index (Phi) is 4.57. The lowest BCUT2D eigenvalue weighted by Crippen LogP contribution is -2.35. The molecule has 0 amide bonds. The van der Waals surface area contributed by atoms with E-state index < -0.39 is 0 Å². The summed E-state index contributed by atoms with van der Waals surface area (Å²) in [6.45, 7) is 2.88. The summed E-state index contributed by atoms with van der Waals surface area (Å²) >= 11 is 0. The second-order valence-corrected chi connectivity index (χ2v) is 5.15. The standard InChI is InChI=1S/C15H23NO/c1-12(17)5-4-10-16-15-9-8-13-6-2-3-7-14(13)11-15/h2-3,6-7,12,15-17H,4-5,8-11H2,1H3. The Morgan fingerprint density at radius 2 is 2.12 bits per heavy atom. The van der Waals surface area contributed by atoms with E-state index in [0.717, 1.165) is 25.8 Å². The van der Waals surface area contributed by atoms with Crippen LogP contribution in [0, 0.1) is 0 Å². The summed E-state index contributed by atoms with van der Waals surface area (Å²) in [4.78, 5) is 0. The van der Waals surface area contributed by atoms with Gasteiger partial charge in [-0.3, -0.25) is 0 Å². The molecule has 2 rings (SSSR count). The predicted octanol–water partition coefficient (Wildman–Crippen LogP) is 2.29. The van der Waals surface area contributed by atoms with E-state index in [1.165, 1.54) is 24.0 Å². The first-order valence-electron chi connectivity index (χ1n) is 6.74. The van der Waals surface area contributed by atoms with Crippen molar-refractivity contribution >= 4 is 0 Å². The number of aryl methyl sites for hydroxylation is 1. The largest absolute Gasteiger partial charge is 0.393 e. The molecule has 1 aliphatic carbocycles. The fraction of sp³-hybridized carbons (Fsp3) is 0.600. The van der Waals surface area contributed by atoms with Crippen LogP contribution in [0.15, 0.2) is 24.3 Å². The van der Waals surface area contributed by atoms with E-state index in [4.69, 9.17) is 0 Å². The molecular formula is C15H23NO. The van der Waals surface area contributed by atoms with Gasteiger partial charge in [0.2, 0.25) is 0 Å². The van der Waals surface area contributed by atoms with Gasteiger partial charge in [-0.1, -0.05) is 24.3 Å². The minimum atomic E-state index is -0.163. The number of aliphatic hydroxyl groups is 1. The highest BCUT2D eigenvalue weighted by Crippen LogP contribution is 2.20. The quantitative estimate of drug-likeness (QED) is 0.765. The van der Waals surface area contributed by atoms with Gasteiger partial charge in [-0.05, 0) is 56.7 Å². The summed E-state index contributed by atoms with van der Waals surface area (Å²) in [6, 6.07) is 9.39. The molecule has 2 heteroatoms. The Balaban J connectivity index is 1.75. The Labute approximate surface area is 104 Å². The summed E-state index contributed by atoms with van der Waals surface area (Å²) in [5, 5.41) is 12.8. The highest BCUT2D eigenvalue weighted by molar-refractivity contribution is 5.30. The Morgan fingerprint density at radius 1 is 1.35 bits per heavy atom. The Hall–Kier alpha value is -0.860. The topological polar surface area (TPSA) is 32.3 Å². The number of hydrogen-bond donors (Lipinski definition) is 2. The summed E-state index contributed by atoms with van der Waals surface area (Å²) in [5.74, 6) is 0. The van der Waals surface area contributed by atoms with Gasteiger partial charge in [0.25, 0.3) is 0 Å². The number of rotatable bonds is 5. The van der Waals surface area contributed by atoms with Crippen molar-refractivity contribution in [2.75, 3.05) is 6.54 Å². The van der Waals surface area contributed by atoms with Crippen molar-refractivity contribution < 1.29 is 5.11 Å². The van der Waals surface area contributed by atoms with Crippen molar-refractivity contribution in [1.82, 2.24) is 5.32 Å². The van der Waals surface area contributed by atoms with E-state index in [0.29, 0.717) is 6.04 Å². The van der Waals surface area contributed by atoms with Gasteiger partial charge in [0, 0.05) is 6.04 Å². The van der Waals surface area contributed by atoms with E-state index >= 15 is 0 Å². The van der Waals surface area contributed by atoms with Crippen LogP contribution in [0.3, 0.4) is 0 Å². The number of hydrogen-bond acceptors (Lipinski definition) is 2. The van der Waals surface area contributed by atoms with Crippen molar-refractivity contribution in [3.05, 3.63) is 35.4 Å². The highest BCUT2D eigenvalue weighted by Gasteiger charge is 2.17. The molecule has 17 heavy (non-hydrogen) atoms. The molecule has 2 atom stereocenters. The molecule has 1 aromatic carbocycles. The van der Waals surface area contributed by atoms with Crippen LogP contribution in [0.5, 0.6) is 0 Å². The van der Waals surface area contributed by atoms with Crippen LogP contribution in [-0.4, -0.2) is 23.8 Å². The van der Waals surface area contributed by atoms with Crippen LogP contribution in [-0.2, 0) is 12.8 Å². The van der Waals surface area contributed by atoms with Crippen molar-refractivity contribution in [1.29, 1.82) is 0 Å². The summed E-state index contributed by atoms with van der Waals surface area (Å²) in [7, 11) is 0. The molecule has 2 unspecified atom stereocenters. The van der Waals surface area contributed by atoms with Crippen LogP contribution in [0.4, 0.5) is 0 Å². The van der Waals surface area contributed by atoms with Crippen molar-refractivity contribution in [3.8, 4) is 0 Å². The number of aliphatic hydroxyl groups excluding tert-OH is 1. The SMILES string of the molecule is CC(O)CCCNC1CCc2ccccc2C1. The monoisotopic (exact) mass is 233 g/mol. The molecule has 0 saturated heterocycles. The van der Waals surface area contributed by atoms with Crippen LogP contribution in [0.25, 0.3) is 0 Å². The predicted molar refractivity (Wildman–Crippen MR) is 71.2 cm³/mol. The Bertz CT molecular complexity index is 349. The minimum absolute atomic E-state index is 0.163. The van der Waals surface area contributed by atoms with Gasteiger partial charge < -0.3 is 10.4 Å². The molecule has 1 aliphatic rings. The van der Waals surface area contributed by atoms with E-state index in [2.05, 4.69) is 29.6 Å². The molecule has 0 aliphatic heterocycles. The Morgan fingerprint density at radius 3 is 2.88 bits per heavy atom. The molecule has 1 aromatic rings. The minimum Gasteiger partial charge on any atom is -0.393 e. The smallest absolute Gasteiger partial charge is 0.0512 e. The summed E-state index contributed by atoms with van der Waals surface area (Å²) < 4.78 is 0. The maximum absolute atomic E-state index is 9.19. The van der Waals surface area contributed by atoms with E-state index in [9.17, 15) is 5.11 Å². The molecule has 0 radical (unpaired) electrons. The van der Waals surface area contributed by atoms with Crippen LogP contribution >= 0.6 is 0 Å². The maximum Gasteiger partial charge on any atom is 0.0512 e. The van der Waals surface area contributed by atoms with Gasteiger partial charge in [0.15, 0.2) is 0 Å². The second kappa shape index (κ2) is 6.18. The normalized spacial score (nSPS) is 20.9. The van der Waals surface area contributed by atoms with Crippen LogP contribution in [0.1, 0.15) is 37.3 Å². The van der Waals surface area contributed by atoms with E-state index in [1.807, 2.05) is 6.92 Å². The molecule has 94 valence electrons. The average Bonchev–Trinajstić information content (AvgIpc) is 2.34. The number of benzene rings is 1. The lowest BCUT2D eigenvalue weighted by molar-refractivity contribution is 0.180. The van der Waals surface area contributed by atoms with Crippen molar-refractivity contribution in [2.45, 2.75) is 51.2 Å². The first-order chi connectivity index (χ1) is 8.25. The third kappa shape index (κ3) is 3.83. The molecule has 0 spiro atoms. The zero-order valence-electron chi connectivity index (χ0n) is 10.7. The zero-order valence-corrected chi connectivity index (χ0v) is 10.7. The third-order valence-corrected chi connectivity index (χ3v) is 3.58. The van der Waals surface area contributed by atoms with Crippen molar-refractivity contribution in [2.24, 2.45) is 0 Å². The first kappa shape index (κ1) is 12.6. The third-order valence-electron chi connectivity index (χ3n) is 3.58. The molecule has 2 N–H and O–H groups in total. The fourth-order valence-electron chi connectivity index (χ4n) is 2.58. The van der Waals surface area contributed by atoms with Gasteiger partial charge in [-0.25, -0.2) is 0 Å². The van der Waals surface area contributed by atoms with Gasteiger partial charge >= 0.3 is 0 Å². The first-order valence-corrected chi connectivity index (χ1v) is 6.74. The number of fused-ring (bicyclic) bond motifs is 1. The molecule has 0 fully saturated rings. The summed E-state index contributed by atoms with van der Waals surface area (Å²) in [5.41, 5.74) is 3.03. The second-order valence-electron chi connectivity index (χ2n) is 5.15. The molecule has 0 aromatic heterocycles. The molecule has 2 nitrogen and oxygen atoms in total. The lowest BCUT2D eigenvalue weighted by atomic mass is 9.88.